The number of amides is 2. The van der Waals surface area contributed by atoms with Gasteiger partial charge >= 0.3 is 0 Å². The van der Waals surface area contributed by atoms with E-state index < -0.39 is 0 Å². The van der Waals surface area contributed by atoms with E-state index in [1.54, 1.807) is 0 Å². The van der Waals surface area contributed by atoms with E-state index in [0.29, 0.717) is 0 Å². The molecule has 0 fully saturated rings. The lowest BCUT2D eigenvalue weighted by Gasteiger charge is -2.14. The zero-order chi connectivity index (χ0) is 15.0. The molecule has 0 aliphatic rings. The summed E-state index contributed by atoms with van der Waals surface area (Å²) in [5.74, 6) is -0.530. The van der Waals surface area contributed by atoms with Crippen molar-refractivity contribution in [3.63, 3.8) is 0 Å². The van der Waals surface area contributed by atoms with Gasteiger partial charge in [-0.2, -0.15) is 0 Å². The van der Waals surface area contributed by atoms with Crippen molar-refractivity contribution in [2.45, 2.75) is 25.8 Å². The van der Waals surface area contributed by atoms with Gasteiger partial charge < -0.3 is 16.4 Å². The number of halogens is 1. The number of carbonyl (C=O) groups excluding carboxylic acids is 2. The minimum Gasteiger partial charge on any atom is -0.352 e. The molecule has 0 saturated heterocycles. The van der Waals surface area contributed by atoms with Gasteiger partial charge in [0.25, 0.3) is 0 Å². The van der Waals surface area contributed by atoms with Gasteiger partial charge in [-0.15, -0.1) is 0 Å². The number of hydrogen-bond donors (Lipinski definition) is 3. The summed E-state index contributed by atoms with van der Waals surface area (Å²) in [4.78, 5) is 22.5. The first-order chi connectivity index (χ1) is 9.51. The van der Waals surface area contributed by atoms with E-state index in [0.717, 1.165) is 17.3 Å². The van der Waals surface area contributed by atoms with Crippen LogP contribution in [0.25, 0.3) is 0 Å². The Morgan fingerprint density at radius 1 is 1.25 bits per heavy atom. The first kappa shape index (κ1) is 16.7. The van der Waals surface area contributed by atoms with Gasteiger partial charge in [-0.1, -0.05) is 28.1 Å². The molecule has 0 spiro atoms. The Balaban J connectivity index is 2.25. The average molecular weight is 342 g/mol. The maximum atomic E-state index is 11.6. The Bertz CT molecular complexity index is 448. The molecule has 0 aromatic heterocycles. The van der Waals surface area contributed by atoms with Crippen LogP contribution in [0.3, 0.4) is 0 Å². The van der Waals surface area contributed by atoms with E-state index in [4.69, 9.17) is 5.73 Å². The quantitative estimate of drug-likeness (QED) is 0.690. The molecule has 110 valence electrons. The van der Waals surface area contributed by atoms with E-state index in [2.05, 4.69) is 38.7 Å². The molecular formula is C14H20BrN3O2. The molecule has 0 bridgehead atoms. The van der Waals surface area contributed by atoms with Gasteiger partial charge in [0.1, 0.15) is 0 Å². The van der Waals surface area contributed by atoms with Crippen LogP contribution in [0.2, 0.25) is 0 Å². The first-order valence-corrected chi connectivity index (χ1v) is 7.31. The predicted octanol–water partition coefficient (Wildman–Crippen LogP) is 0.961. The van der Waals surface area contributed by atoms with Gasteiger partial charge in [0.2, 0.25) is 11.8 Å². The average Bonchev–Trinajstić information content (AvgIpc) is 2.44. The Kier molecular flexibility index (Phi) is 7.25. The van der Waals surface area contributed by atoms with Crippen molar-refractivity contribution in [3.05, 3.63) is 34.3 Å². The normalized spacial score (nSPS) is 11.8. The van der Waals surface area contributed by atoms with Crippen LogP contribution in [-0.4, -0.2) is 30.9 Å². The highest BCUT2D eigenvalue weighted by Crippen LogP contribution is 2.12. The van der Waals surface area contributed by atoms with Gasteiger partial charge in [-0.05, 0) is 37.5 Å². The topological polar surface area (TPSA) is 84.2 Å². The molecule has 2 amide bonds. The number of carbonyl (C=O) groups is 2. The summed E-state index contributed by atoms with van der Waals surface area (Å²) in [5.41, 5.74) is 6.36. The standard InChI is InChI=1S/C14H20BrN3O2/c1-10(18-14(20)9-17-13(19)8-16)2-3-11-4-6-12(15)7-5-11/h4-7,10H,2-3,8-9,16H2,1H3,(H,17,19)(H,18,20). The van der Waals surface area contributed by atoms with Crippen molar-refractivity contribution >= 4 is 27.7 Å². The number of aryl methyl sites for hydroxylation is 1. The van der Waals surface area contributed by atoms with E-state index in [1.165, 1.54) is 5.56 Å². The lowest BCUT2D eigenvalue weighted by molar-refractivity contribution is -0.125. The number of nitrogens with one attached hydrogen (secondary N) is 2. The minimum absolute atomic E-state index is 0.0291. The van der Waals surface area contributed by atoms with Crippen LogP contribution in [0, 0.1) is 0 Å². The Labute approximate surface area is 127 Å². The van der Waals surface area contributed by atoms with Gasteiger partial charge in [0.15, 0.2) is 0 Å². The van der Waals surface area contributed by atoms with Crippen molar-refractivity contribution in [3.8, 4) is 0 Å². The smallest absolute Gasteiger partial charge is 0.239 e. The number of benzene rings is 1. The minimum atomic E-state index is -0.331. The summed E-state index contributed by atoms with van der Waals surface area (Å²) >= 11 is 3.39. The summed E-state index contributed by atoms with van der Waals surface area (Å²) in [6, 6.07) is 8.17. The molecule has 0 aliphatic carbocycles. The molecule has 0 aliphatic heterocycles. The number of hydrogen-bond acceptors (Lipinski definition) is 3. The Morgan fingerprint density at radius 2 is 1.90 bits per heavy atom. The third-order valence-electron chi connectivity index (χ3n) is 2.82. The fraction of sp³-hybridized carbons (Fsp3) is 0.429. The Morgan fingerprint density at radius 3 is 2.50 bits per heavy atom. The maximum absolute atomic E-state index is 11.6. The highest BCUT2D eigenvalue weighted by atomic mass is 79.9. The summed E-state index contributed by atoms with van der Waals surface area (Å²) in [7, 11) is 0. The van der Waals surface area contributed by atoms with E-state index >= 15 is 0 Å². The second kappa shape index (κ2) is 8.71. The van der Waals surface area contributed by atoms with Gasteiger partial charge in [-0.3, -0.25) is 9.59 Å². The lowest BCUT2D eigenvalue weighted by atomic mass is 10.1. The largest absolute Gasteiger partial charge is 0.352 e. The maximum Gasteiger partial charge on any atom is 0.239 e. The summed E-state index contributed by atoms with van der Waals surface area (Å²) in [6.07, 6.45) is 1.74. The molecule has 0 radical (unpaired) electrons. The van der Waals surface area contributed by atoms with Crippen molar-refractivity contribution in [2.24, 2.45) is 5.73 Å². The van der Waals surface area contributed by atoms with Crippen LogP contribution in [0.4, 0.5) is 0 Å². The highest BCUT2D eigenvalue weighted by molar-refractivity contribution is 9.10. The molecule has 0 heterocycles. The SMILES string of the molecule is CC(CCc1ccc(Br)cc1)NC(=O)CNC(=O)CN. The van der Waals surface area contributed by atoms with Crippen LogP contribution < -0.4 is 16.4 Å². The zero-order valence-electron chi connectivity index (χ0n) is 11.5. The van der Waals surface area contributed by atoms with Crippen molar-refractivity contribution in [1.82, 2.24) is 10.6 Å². The highest BCUT2D eigenvalue weighted by Gasteiger charge is 2.08. The van der Waals surface area contributed by atoms with Gasteiger partial charge in [0, 0.05) is 10.5 Å². The van der Waals surface area contributed by atoms with Crippen LogP contribution in [-0.2, 0) is 16.0 Å². The Hall–Kier alpha value is -1.40. The molecule has 5 nitrogen and oxygen atoms in total. The monoisotopic (exact) mass is 341 g/mol. The second-order valence-corrected chi connectivity index (χ2v) is 5.53. The fourth-order valence-corrected chi connectivity index (χ4v) is 1.95. The first-order valence-electron chi connectivity index (χ1n) is 6.52. The zero-order valence-corrected chi connectivity index (χ0v) is 13.1. The van der Waals surface area contributed by atoms with E-state index in [1.807, 2.05) is 19.1 Å². The molecule has 1 aromatic carbocycles. The molecule has 4 N–H and O–H groups in total. The van der Waals surface area contributed by atoms with Crippen LogP contribution in [0.15, 0.2) is 28.7 Å². The molecule has 1 aromatic rings. The third-order valence-corrected chi connectivity index (χ3v) is 3.35. The molecule has 6 heteroatoms. The van der Waals surface area contributed by atoms with E-state index in [9.17, 15) is 9.59 Å². The fourth-order valence-electron chi connectivity index (χ4n) is 1.68. The van der Waals surface area contributed by atoms with Crippen molar-refractivity contribution in [2.75, 3.05) is 13.1 Å². The molecule has 1 rings (SSSR count). The van der Waals surface area contributed by atoms with E-state index in [-0.39, 0.29) is 30.9 Å². The summed E-state index contributed by atoms with van der Waals surface area (Å²) in [6.45, 7) is 1.81. The number of rotatable bonds is 7. The molecule has 20 heavy (non-hydrogen) atoms. The van der Waals surface area contributed by atoms with Crippen molar-refractivity contribution in [1.29, 1.82) is 0 Å². The summed E-state index contributed by atoms with van der Waals surface area (Å²) < 4.78 is 1.05. The molecular weight excluding hydrogens is 322 g/mol. The van der Waals surface area contributed by atoms with Crippen LogP contribution in [0.5, 0.6) is 0 Å². The summed E-state index contributed by atoms with van der Waals surface area (Å²) in [5, 5.41) is 5.27. The van der Waals surface area contributed by atoms with Crippen LogP contribution in [0.1, 0.15) is 18.9 Å². The molecule has 0 saturated carbocycles. The van der Waals surface area contributed by atoms with Crippen molar-refractivity contribution < 1.29 is 9.59 Å². The second-order valence-electron chi connectivity index (χ2n) is 4.61. The lowest BCUT2D eigenvalue weighted by Crippen LogP contribution is -2.42. The predicted molar refractivity (Wildman–Crippen MR) is 82.1 cm³/mol. The van der Waals surface area contributed by atoms with Gasteiger partial charge in [0.05, 0.1) is 13.1 Å². The molecule has 1 atom stereocenters. The van der Waals surface area contributed by atoms with Crippen LogP contribution >= 0.6 is 15.9 Å². The third kappa shape index (κ3) is 6.68. The molecule has 1 unspecified atom stereocenters. The number of nitrogens with two attached hydrogens (primary N) is 1. The van der Waals surface area contributed by atoms with Gasteiger partial charge in [-0.25, -0.2) is 0 Å².